The van der Waals surface area contributed by atoms with Crippen LogP contribution in [0.4, 0.5) is 5.69 Å². The van der Waals surface area contributed by atoms with Gasteiger partial charge in [0.25, 0.3) is 0 Å². The maximum absolute atomic E-state index is 7.08. The number of hydrogen-bond acceptors (Lipinski definition) is 3. The summed E-state index contributed by atoms with van der Waals surface area (Å²) in [6, 6.07) is 3.25. The molecule has 0 aromatic heterocycles. The zero-order chi connectivity index (χ0) is 9.84. The quantitative estimate of drug-likeness (QED) is 0.579. The van der Waals surface area contributed by atoms with E-state index in [0.717, 1.165) is 0 Å². The Bertz CT molecular complexity index is 326. The fraction of sp³-hybridized carbons (Fsp3) is 0.222. The van der Waals surface area contributed by atoms with Gasteiger partial charge in [-0.2, -0.15) is 0 Å². The van der Waals surface area contributed by atoms with E-state index in [-0.39, 0.29) is 0 Å². The highest BCUT2D eigenvalue weighted by atomic mass is 35.5. The second-order valence-electron chi connectivity index (χ2n) is 2.49. The molecular weight excluding hydrogens is 188 g/mol. The molecule has 4 heteroatoms. The molecule has 0 aliphatic carbocycles. The largest absolute Gasteiger partial charge is 0.492 e. The van der Waals surface area contributed by atoms with Crippen LogP contribution in [0.15, 0.2) is 12.1 Å². The maximum atomic E-state index is 7.08. The predicted molar refractivity (Wildman–Crippen MR) is 54.9 cm³/mol. The molecule has 0 bridgehead atoms. The Morgan fingerprint density at radius 2 is 2.31 bits per heavy atom. The number of hydrogen-bond donors (Lipinski definition) is 2. The van der Waals surface area contributed by atoms with Crippen molar-refractivity contribution >= 4 is 23.5 Å². The molecule has 1 aromatic rings. The van der Waals surface area contributed by atoms with E-state index in [0.29, 0.717) is 28.6 Å². The average Bonchev–Trinajstić information content (AvgIpc) is 2.10. The second-order valence-corrected chi connectivity index (χ2v) is 2.90. The molecule has 0 aliphatic rings. The molecule has 0 aliphatic heterocycles. The van der Waals surface area contributed by atoms with Crippen molar-refractivity contribution in [3.8, 4) is 5.75 Å². The monoisotopic (exact) mass is 198 g/mol. The molecule has 0 spiro atoms. The summed E-state index contributed by atoms with van der Waals surface area (Å²) < 4.78 is 5.24. The van der Waals surface area contributed by atoms with Gasteiger partial charge in [-0.05, 0) is 19.1 Å². The van der Waals surface area contributed by atoms with Gasteiger partial charge in [0.1, 0.15) is 5.75 Å². The first-order chi connectivity index (χ1) is 6.19. The first-order valence-electron chi connectivity index (χ1n) is 3.91. The van der Waals surface area contributed by atoms with Gasteiger partial charge < -0.3 is 15.9 Å². The lowest BCUT2D eigenvalue weighted by molar-refractivity contribution is 0.340. The van der Waals surface area contributed by atoms with E-state index < -0.39 is 0 Å². The number of rotatable bonds is 3. The van der Waals surface area contributed by atoms with Crippen molar-refractivity contribution < 1.29 is 4.74 Å². The predicted octanol–water partition coefficient (Wildman–Crippen LogP) is 2.32. The molecule has 70 valence electrons. The van der Waals surface area contributed by atoms with Crippen LogP contribution >= 0.6 is 11.6 Å². The zero-order valence-electron chi connectivity index (χ0n) is 7.30. The SMILES string of the molecule is CCOc1cc(C=N)c(N)cc1Cl. The Kier molecular flexibility index (Phi) is 3.14. The molecule has 1 rings (SSSR count). The van der Waals surface area contributed by atoms with E-state index >= 15 is 0 Å². The number of nitrogen functional groups attached to an aromatic ring is 1. The lowest BCUT2D eigenvalue weighted by Crippen LogP contribution is -1.97. The van der Waals surface area contributed by atoms with Gasteiger partial charge in [-0.25, -0.2) is 0 Å². The highest BCUT2D eigenvalue weighted by molar-refractivity contribution is 6.32. The molecule has 0 saturated heterocycles. The van der Waals surface area contributed by atoms with E-state index in [2.05, 4.69) is 0 Å². The Morgan fingerprint density at radius 3 is 2.85 bits per heavy atom. The molecule has 0 fully saturated rings. The molecule has 3 N–H and O–H groups in total. The average molecular weight is 199 g/mol. The Morgan fingerprint density at radius 1 is 1.62 bits per heavy atom. The number of halogens is 1. The fourth-order valence-corrected chi connectivity index (χ4v) is 1.20. The Labute approximate surface area is 82.0 Å². The number of benzene rings is 1. The van der Waals surface area contributed by atoms with Crippen LogP contribution in [-0.4, -0.2) is 12.8 Å². The third-order valence-electron chi connectivity index (χ3n) is 1.59. The Balaban J connectivity index is 3.14. The van der Waals surface area contributed by atoms with Crippen LogP contribution in [0, 0.1) is 5.41 Å². The van der Waals surface area contributed by atoms with Crippen LogP contribution in [0.2, 0.25) is 5.02 Å². The summed E-state index contributed by atoms with van der Waals surface area (Å²) in [6.45, 7) is 2.41. The fourth-order valence-electron chi connectivity index (χ4n) is 0.976. The van der Waals surface area contributed by atoms with Crippen molar-refractivity contribution in [2.75, 3.05) is 12.3 Å². The van der Waals surface area contributed by atoms with Gasteiger partial charge in [0.15, 0.2) is 0 Å². The molecule has 13 heavy (non-hydrogen) atoms. The van der Waals surface area contributed by atoms with Gasteiger partial charge >= 0.3 is 0 Å². The van der Waals surface area contributed by atoms with Gasteiger partial charge in [0.2, 0.25) is 0 Å². The number of anilines is 1. The van der Waals surface area contributed by atoms with Gasteiger partial charge in [-0.1, -0.05) is 11.6 Å². The third-order valence-corrected chi connectivity index (χ3v) is 1.89. The van der Waals surface area contributed by atoms with E-state index in [1.807, 2.05) is 6.92 Å². The molecule has 0 radical (unpaired) electrons. The minimum absolute atomic E-state index is 0.477. The van der Waals surface area contributed by atoms with Crippen LogP contribution in [0.1, 0.15) is 12.5 Å². The second kappa shape index (κ2) is 4.14. The first-order valence-corrected chi connectivity index (χ1v) is 4.29. The van der Waals surface area contributed by atoms with E-state index in [9.17, 15) is 0 Å². The minimum Gasteiger partial charge on any atom is -0.492 e. The molecule has 0 unspecified atom stereocenters. The van der Waals surface area contributed by atoms with Crippen LogP contribution in [-0.2, 0) is 0 Å². The van der Waals surface area contributed by atoms with Gasteiger partial charge in [0, 0.05) is 17.5 Å². The molecule has 3 nitrogen and oxygen atoms in total. The van der Waals surface area contributed by atoms with Crippen molar-refractivity contribution in [2.45, 2.75) is 6.92 Å². The van der Waals surface area contributed by atoms with Gasteiger partial charge in [-0.15, -0.1) is 0 Å². The third kappa shape index (κ3) is 2.12. The van der Waals surface area contributed by atoms with E-state index in [1.54, 1.807) is 12.1 Å². The summed E-state index contributed by atoms with van der Waals surface area (Å²) >= 11 is 5.86. The lowest BCUT2D eigenvalue weighted by atomic mass is 10.2. The van der Waals surface area contributed by atoms with Gasteiger partial charge in [0.05, 0.1) is 11.6 Å². The van der Waals surface area contributed by atoms with Crippen LogP contribution < -0.4 is 10.5 Å². The smallest absolute Gasteiger partial charge is 0.138 e. The van der Waals surface area contributed by atoms with E-state index in [4.69, 9.17) is 27.5 Å². The summed E-state index contributed by atoms with van der Waals surface area (Å²) in [5, 5.41) is 7.56. The van der Waals surface area contributed by atoms with Crippen molar-refractivity contribution in [3.63, 3.8) is 0 Å². The van der Waals surface area contributed by atoms with Crippen molar-refractivity contribution in [1.29, 1.82) is 5.41 Å². The first kappa shape index (κ1) is 9.86. The van der Waals surface area contributed by atoms with Gasteiger partial charge in [-0.3, -0.25) is 0 Å². The molecule has 0 amide bonds. The lowest BCUT2D eigenvalue weighted by Gasteiger charge is -2.08. The molecule has 0 saturated carbocycles. The van der Waals surface area contributed by atoms with E-state index in [1.165, 1.54) is 6.21 Å². The van der Waals surface area contributed by atoms with Crippen LogP contribution in [0.25, 0.3) is 0 Å². The minimum atomic E-state index is 0.477. The summed E-state index contributed by atoms with van der Waals surface area (Å²) in [5.74, 6) is 0.567. The van der Waals surface area contributed by atoms with Crippen molar-refractivity contribution in [1.82, 2.24) is 0 Å². The summed E-state index contributed by atoms with van der Waals surface area (Å²) in [7, 11) is 0. The normalized spacial score (nSPS) is 9.69. The highest BCUT2D eigenvalue weighted by Crippen LogP contribution is 2.28. The molecule has 0 heterocycles. The van der Waals surface area contributed by atoms with Crippen molar-refractivity contribution in [2.24, 2.45) is 0 Å². The number of ether oxygens (including phenoxy) is 1. The molecule has 1 aromatic carbocycles. The Hall–Kier alpha value is -1.22. The standard InChI is InChI=1S/C9H11ClN2O/c1-2-13-9-3-6(5-11)8(12)4-7(9)10/h3-5,11H,2,12H2,1H3. The summed E-state index contributed by atoms with van der Waals surface area (Å²) in [6.07, 6.45) is 1.17. The number of nitrogens with one attached hydrogen (secondary N) is 1. The van der Waals surface area contributed by atoms with Crippen LogP contribution in [0.3, 0.4) is 0 Å². The number of nitrogens with two attached hydrogens (primary N) is 1. The van der Waals surface area contributed by atoms with Crippen molar-refractivity contribution in [3.05, 3.63) is 22.7 Å². The molecule has 0 atom stereocenters. The summed E-state index contributed by atoms with van der Waals surface area (Å²) in [5.41, 5.74) is 6.71. The highest BCUT2D eigenvalue weighted by Gasteiger charge is 2.05. The summed E-state index contributed by atoms with van der Waals surface area (Å²) in [4.78, 5) is 0. The maximum Gasteiger partial charge on any atom is 0.138 e. The van der Waals surface area contributed by atoms with Crippen LogP contribution in [0.5, 0.6) is 5.75 Å². The topological polar surface area (TPSA) is 59.1 Å². The molecular formula is C9H11ClN2O. The zero-order valence-corrected chi connectivity index (χ0v) is 8.06.